The van der Waals surface area contributed by atoms with Crippen molar-refractivity contribution in [2.45, 2.75) is 0 Å². The van der Waals surface area contributed by atoms with Gasteiger partial charge in [-0.3, -0.25) is 44.9 Å². The second-order valence-electron chi connectivity index (χ2n) is 27.1. The van der Waals surface area contributed by atoms with Gasteiger partial charge in [-0.15, -0.1) is 0 Å². The van der Waals surface area contributed by atoms with Gasteiger partial charge in [0, 0.05) is 156 Å². The molecule has 0 amide bonds. The highest BCUT2D eigenvalue weighted by atomic mass is 15.0. The molecule has 0 unspecified atom stereocenters. The predicted octanol–water partition coefficient (Wildman–Crippen LogP) is 22.9. The van der Waals surface area contributed by atoms with E-state index in [0.29, 0.717) is 23.3 Å². The molecule has 0 atom stereocenters. The van der Waals surface area contributed by atoms with Crippen LogP contribution < -0.4 is 0 Å². The molecule has 21 aromatic rings. The Labute approximate surface area is 655 Å². The summed E-state index contributed by atoms with van der Waals surface area (Å²) in [5.74, 6) is 2.46. The van der Waals surface area contributed by atoms with Gasteiger partial charge in [0.1, 0.15) is 0 Å². The minimum atomic E-state index is 0.596. The largest absolute Gasteiger partial charge is 0.265 e. The molecule has 12 aromatic heterocycles. The van der Waals surface area contributed by atoms with Crippen LogP contribution in [0.2, 0.25) is 0 Å². The molecule has 15 heteroatoms. The first-order valence-electron chi connectivity index (χ1n) is 37.2. The zero-order valence-electron chi connectivity index (χ0n) is 61.1. The summed E-state index contributed by atoms with van der Waals surface area (Å²) >= 11 is 0. The second kappa shape index (κ2) is 31.0. The van der Waals surface area contributed by atoms with Crippen molar-refractivity contribution in [3.05, 3.63) is 384 Å². The van der Waals surface area contributed by atoms with Crippen LogP contribution in [0.5, 0.6) is 0 Å². The number of rotatable bonds is 12. The first-order chi connectivity index (χ1) is 56.5. The number of aromatic nitrogens is 15. The minimum Gasteiger partial charge on any atom is -0.265 e. The molecule has 0 aliphatic heterocycles. The molecule has 21 rings (SSSR count). The van der Waals surface area contributed by atoms with Gasteiger partial charge in [0.05, 0.1) is 61.7 Å². The molecule has 0 N–H and O–H groups in total. The molecule has 114 heavy (non-hydrogen) atoms. The topological polar surface area (TPSA) is 193 Å². The maximum Gasteiger partial charge on any atom is 0.164 e. The molecule has 0 bridgehead atoms. The van der Waals surface area contributed by atoms with Gasteiger partial charge in [0.2, 0.25) is 0 Å². The molecule has 0 fully saturated rings. The Bertz CT molecular complexity index is 6800. The highest BCUT2D eigenvalue weighted by molar-refractivity contribution is 5.99. The van der Waals surface area contributed by atoms with Crippen molar-refractivity contribution in [3.63, 3.8) is 0 Å². The third-order valence-electron chi connectivity index (χ3n) is 20.1. The van der Waals surface area contributed by atoms with E-state index in [2.05, 4.69) is 184 Å². The summed E-state index contributed by atoms with van der Waals surface area (Å²) in [4.78, 5) is 70.2. The van der Waals surface area contributed by atoms with Crippen LogP contribution in [0.15, 0.2) is 384 Å². The molecule has 9 aromatic carbocycles. The van der Waals surface area contributed by atoms with Gasteiger partial charge in [-0.05, 0) is 167 Å². The quantitative estimate of drug-likeness (QED) is 0.112. The van der Waals surface area contributed by atoms with Gasteiger partial charge in [0.15, 0.2) is 23.3 Å². The number of nitrogens with zero attached hydrogens (tertiary/aromatic N) is 15. The van der Waals surface area contributed by atoms with Gasteiger partial charge in [-0.2, -0.15) is 0 Å². The highest BCUT2D eigenvalue weighted by Crippen LogP contribution is 2.39. The minimum absolute atomic E-state index is 0.596. The van der Waals surface area contributed by atoms with Crippen LogP contribution in [0.1, 0.15) is 0 Å². The summed E-state index contributed by atoms with van der Waals surface area (Å²) in [6.07, 6.45) is 20.0. The maximum atomic E-state index is 5.13. The summed E-state index contributed by atoms with van der Waals surface area (Å²) in [5, 5.41) is 7.33. The second-order valence-corrected chi connectivity index (χ2v) is 27.1. The number of benzene rings is 9. The summed E-state index contributed by atoms with van der Waals surface area (Å²) in [5.41, 5.74) is 24.5. The third-order valence-corrected chi connectivity index (χ3v) is 20.1. The van der Waals surface area contributed by atoms with Crippen molar-refractivity contribution in [3.8, 4) is 135 Å². The van der Waals surface area contributed by atoms with Crippen LogP contribution in [0.25, 0.3) is 201 Å². The lowest BCUT2D eigenvalue weighted by Gasteiger charge is -2.13. The SMILES string of the molecule is c1cc(-c2ccncc2)cc(-c2cc(-c3cccc4ncccc34)nc(-c3cccc4cnccc34)n2)c1.c1ccc(-c2ccc(-c3cc(-c4ccc5ncccc5c4)nc(-c4ccc5ncccc5c4)c3)cc2)nc1.c1ccc(-c2ccc(-c3nc(-c4cccc5ncccc45)nc(-c4cccc5ncccc45)n3)cc2)nc1. The number of hydrogen-bond donors (Lipinski definition) is 0. The van der Waals surface area contributed by atoms with Gasteiger partial charge >= 0.3 is 0 Å². The predicted molar refractivity (Wildman–Crippen MR) is 457 cm³/mol. The van der Waals surface area contributed by atoms with Crippen molar-refractivity contribution in [1.29, 1.82) is 0 Å². The molecule has 15 nitrogen and oxygen atoms in total. The van der Waals surface area contributed by atoms with Crippen LogP contribution in [0.4, 0.5) is 0 Å². The Balaban J connectivity index is 0.000000115. The van der Waals surface area contributed by atoms with E-state index in [0.717, 1.165) is 177 Å². The van der Waals surface area contributed by atoms with E-state index in [-0.39, 0.29) is 0 Å². The van der Waals surface area contributed by atoms with E-state index < -0.39 is 0 Å². The standard InChI is InChI=1S/C34H22N4.C33H21N5.C32H20N6/c1-2-16-35-30(7-1)24-10-8-23(9-11-24)29-21-33(27-12-14-31-25(19-27)5-3-17-36-31)38-34(22-29)28-13-15-32-26(20-28)6-4-18-37-32;1-5-23(22-12-16-34-17-13-22)19-24(6-1)31-20-32(28-8-3-11-30-27(28)10-4-15-36-30)38-33(37-31)29-9-2-7-25-21-35-18-14-26(25)29;1-2-18-33-27(11-1)21-14-16-22(17-15-21)30-36-31(25-7-3-12-28-23(25)9-5-19-34-28)38-32(37-30)26-8-4-13-29-24(26)10-6-20-35-29/h1-22H;1-21H;1-20H. The molecule has 534 valence electrons. The molecule has 0 saturated carbocycles. The number of hydrogen-bond acceptors (Lipinski definition) is 15. The van der Waals surface area contributed by atoms with E-state index in [1.54, 1.807) is 18.6 Å². The molecule has 0 aliphatic carbocycles. The lowest BCUT2D eigenvalue weighted by molar-refractivity contribution is 1.08. The smallest absolute Gasteiger partial charge is 0.164 e. The average Bonchev–Trinajstić information content (AvgIpc) is 0.776. The molecule has 0 spiro atoms. The van der Waals surface area contributed by atoms with Crippen molar-refractivity contribution in [2.75, 3.05) is 0 Å². The van der Waals surface area contributed by atoms with E-state index in [1.807, 2.05) is 225 Å². The first kappa shape index (κ1) is 68.6. The van der Waals surface area contributed by atoms with E-state index in [9.17, 15) is 0 Å². The van der Waals surface area contributed by atoms with Crippen molar-refractivity contribution < 1.29 is 0 Å². The summed E-state index contributed by atoms with van der Waals surface area (Å²) in [7, 11) is 0. The fourth-order valence-electron chi connectivity index (χ4n) is 14.4. The Morgan fingerprint density at radius 3 is 1.14 bits per heavy atom. The molecule has 0 aliphatic rings. The van der Waals surface area contributed by atoms with E-state index in [1.165, 1.54) is 0 Å². The summed E-state index contributed by atoms with van der Waals surface area (Å²) < 4.78 is 0. The summed E-state index contributed by atoms with van der Waals surface area (Å²) in [6, 6.07) is 107. The molecule has 0 radical (unpaired) electrons. The van der Waals surface area contributed by atoms with Crippen molar-refractivity contribution in [2.24, 2.45) is 0 Å². The number of pyridine rings is 10. The van der Waals surface area contributed by atoms with Gasteiger partial charge in [-0.25, -0.2) is 29.9 Å². The van der Waals surface area contributed by atoms with Crippen molar-refractivity contribution in [1.82, 2.24) is 74.8 Å². The zero-order valence-corrected chi connectivity index (χ0v) is 61.1. The van der Waals surface area contributed by atoms with E-state index >= 15 is 0 Å². The molecular formula is C99H63N15. The Morgan fingerprint density at radius 2 is 0.570 bits per heavy atom. The van der Waals surface area contributed by atoms with Gasteiger partial charge < -0.3 is 0 Å². The van der Waals surface area contributed by atoms with Crippen LogP contribution >= 0.6 is 0 Å². The zero-order chi connectivity index (χ0) is 75.9. The lowest BCUT2D eigenvalue weighted by atomic mass is 9.97. The van der Waals surface area contributed by atoms with Crippen LogP contribution in [0.3, 0.4) is 0 Å². The Morgan fingerprint density at radius 1 is 0.158 bits per heavy atom. The van der Waals surface area contributed by atoms with Crippen LogP contribution in [0, 0.1) is 0 Å². The maximum absolute atomic E-state index is 5.13. The fourth-order valence-corrected chi connectivity index (χ4v) is 14.4. The van der Waals surface area contributed by atoms with E-state index in [4.69, 9.17) is 29.9 Å². The lowest BCUT2D eigenvalue weighted by Crippen LogP contribution is -2.01. The highest BCUT2D eigenvalue weighted by Gasteiger charge is 2.20. The van der Waals surface area contributed by atoms with Crippen LogP contribution in [-0.2, 0) is 0 Å². The Kier molecular flexibility index (Phi) is 18.7. The Hall–Kier alpha value is -15.9. The van der Waals surface area contributed by atoms with Gasteiger partial charge in [0.25, 0.3) is 0 Å². The molecular weight excluding hydrogens is 1400 g/mol. The normalized spacial score (nSPS) is 11.2. The van der Waals surface area contributed by atoms with Gasteiger partial charge in [-0.1, -0.05) is 176 Å². The molecule has 0 saturated heterocycles. The number of fused-ring (bicyclic) bond motifs is 6. The third kappa shape index (κ3) is 14.4. The molecule has 12 heterocycles. The summed E-state index contributed by atoms with van der Waals surface area (Å²) in [6.45, 7) is 0. The van der Waals surface area contributed by atoms with Crippen molar-refractivity contribution >= 4 is 65.3 Å². The van der Waals surface area contributed by atoms with Crippen LogP contribution in [-0.4, -0.2) is 74.8 Å². The first-order valence-corrected chi connectivity index (χ1v) is 37.2. The monoisotopic (exact) mass is 1460 g/mol. The fraction of sp³-hybridized carbons (Fsp3) is 0. The average molecular weight is 1460 g/mol.